The van der Waals surface area contributed by atoms with Crippen LogP contribution < -0.4 is 0 Å². The van der Waals surface area contributed by atoms with Crippen molar-refractivity contribution in [2.45, 2.75) is 110 Å². The van der Waals surface area contributed by atoms with Crippen LogP contribution in [0.2, 0.25) is 0 Å². The number of quaternary nitrogens is 1. The standard InChI is InChI=1S/C26H56NO6P/c1-6-8-10-12-14-16-18-21-30-24-26(31-22-19-17-15-13-11-9-7-2)25-33-34(28,29)32-23-20-27(3,4)5/h26H,6-25H2,1-5H3/p+1/t26-/m1/s1. The first-order valence-electron chi connectivity index (χ1n) is 13.8. The number of nitrogens with zero attached hydrogens (tertiary/aromatic N) is 1. The van der Waals surface area contributed by atoms with E-state index in [0.29, 0.717) is 30.8 Å². The van der Waals surface area contributed by atoms with Crippen LogP contribution in [0, 0.1) is 0 Å². The Bertz CT molecular complexity index is 486. The summed E-state index contributed by atoms with van der Waals surface area (Å²) in [5, 5.41) is 0. The summed E-state index contributed by atoms with van der Waals surface area (Å²) in [4.78, 5) is 10.0. The van der Waals surface area contributed by atoms with Crippen molar-refractivity contribution in [3.8, 4) is 0 Å². The van der Waals surface area contributed by atoms with E-state index >= 15 is 0 Å². The van der Waals surface area contributed by atoms with Crippen molar-refractivity contribution in [2.24, 2.45) is 0 Å². The first-order chi connectivity index (χ1) is 16.2. The Morgan fingerprint density at radius 2 is 1.18 bits per heavy atom. The molecule has 34 heavy (non-hydrogen) atoms. The average molecular weight is 511 g/mol. The summed E-state index contributed by atoms with van der Waals surface area (Å²) >= 11 is 0. The van der Waals surface area contributed by atoms with E-state index in [-0.39, 0.29) is 19.3 Å². The molecular formula is C26H57NO6P+. The predicted octanol–water partition coefficient (Wildman–Crippen LogP) is 6.73. The van der Waals surface area contributed by atoms with Gasteiger partial charge in [-0.05, 0) is 12.8 Å². The quantitative estimate of drug-likeness (QED) is 0.0790. The second-order valence-electron chi connectivity index (χ2n) is 10.4. The lowest BCUT2D eigenvalue weighted by Gasteiger charge is -2.24. The van der Waals surface area contributed by atoms with Crippen LogP contribution in [0.25, 0.3) is 0 Å². The lowest BCUT2D eigenvalue weighted by molar-refractivity contribution is -0.870. The first-order valence-corrected chi connectivity index (χ1v) is 15.3. The molecule has 0 spiro atoms. The molecule has 0 fully saturated rings. The van der Waals surface area contributed by atoms with Crippen LogP contribution in [0.5, 0.6) is 0 Å². The van der Waals surface area contributed by atoms with E-state index in [0.717, 1.165) is 19.3 Å². The van der Waals surface area contributed by atoms with E-state index in [2.05, 4.69) is 13.8 Å². The highest BCUT2D eigenvalue weighted by Crippen LogP contribution is 2.43. The molecule has 0 aliphatic rings. The van der Waals surface area contributed by atoms with E-state index in [1.807, 2.05) is 21.1 Å². The van der Waals surface area contributed by atoms with Gasteiger partial charge in [-0.3, -0.25) is 9.05 Å². The summed E-state index contributed by atoms with van der Waals surface area (Å²) in [7, 11) is 1.91. The Morgan fingerprint density at radius 3 is 1.71 bits per heavy atom. The van der Waals surface area contributed by atoms with Gasteiger partial charge < -0.3 is 18.9 Å². The fraction of sp³-hybridized carbons (Fsp3) is 1.00. The second kappa shape index (κ2) is 22.2. The first kappa shape index (κ1) is 34.0. The van der Waals surface area contributed by atoms with Gasteiger partial charge in [0.1, 0.15) is 19.3 Å². The van der Waals surface area contributed by atoms with Crippen LogP contribution in [0.15, 0.2) is 0 Å². The third kappa shape index (κ3) is 25.1. The molecular weight excluding hydrogens is 453 g/mol. The number of likely N-dealkylation sites (N-methyl/N-ethyl adjacent to an activating group) is 1. The summed E-state index contributed by atoms with van der Waals surface area (Å²) in [5.74, 6) is 0. The van der Waals surface area contributed by atoms with Crippen molar-refractivity contribution in [1.82, 2.24) is 0 Å². The lowest BCUT2D eigenvalue weighted by Crippen LogP contribution is -2.37. The zero-order valence-corrected chi connectivity index (χ0v) is 24.0. The molecule has 0 saturated carbocycles. The lowest BCUT2D eigenvalue weighted by atomic mass is 10.1. The normalized spacial score (nSPS) is 14.9. The van der Waals surface area contributed by atoms with Gasteiger partial charge in [-0.2, -0.15) is 0 Å². The van der Waals surface area contributed by atoms with Crippen LogP contribution in [-0.2, 0) is 23.1 Å². The van der Waals surface area contributed by atoms with Crippen molar-refractivity contribution in [1.29, 1.82) is 0 Å². The summed E-state index contributed by atoms with van der Waals surface area (Å²) < 4.78 is 35.0. The maximum Gasteiger partial charge on any atom is 0.472 e. The van der Waals surface area contributed by atoms with E-state index in [4.69, 9.17) is 18.5 Å². The zero-order valence-electron chi connectivity index (χ0n) is 23.1. The van der Waals surface area contributed by atoms with Gasteiger partial charge >= 0.3 is 7.82 Å². The van der Waals surface area contributed by atoms with Gasteiger partial charge in [0.05, 0.1) is 34.4 Å². The molecule has 0 aliphatic carbocycles. The van der Waals surface area contributed by atoms with Crippen LogP contribution in [-0.4, -0.2) is 76.2 Å². The number of hydrogen-bond donors (Lipinski definition) is 1. The zero-order chi connectivity index (χ0) is 25.5. The van der Waals surface area contributed by atoms with Gasteiger partial charge in [-0.1, -0.05) is 90.9 Å². The Labute approximate surface area is 211 Å². The molecule has 0 aromatic carbocycles. The number of phosphoric ester groups is 1. The SMILES string of the molecule is CCCCCCCCCOC[C@H](COP(=O)(O)OCC[N+](C)(C)C)OCCCCCCCCC. The highest BCUT2D eigenvalue weighted by Gasteiger charge is 2.25. The molecule has 7 nitrogen and oxygen atoms in total. The number of hydrogen-bond acceptors (Lipinski definition) is 5. The van der Waals surface area contributed by atoms with Crippen molar-refractivity contribution < 1.29 is 32.5 Å². The molecule has 0 rings (SSSR count). The summed E-state index contributed by atoms with van der Waals surface area (Å²) in [6.07, 6.45) is 16.8. The third-order valence-corrected chi connectivity index (χ3v) is 6.72. The molecule has 0 amide bonds. The fourth-order valence-corrected chi connectivity index (χ4v) is 4.22. The van der Waals surface area contributed by atoms with Crippen molar-refractivity contribution in [2.75, 3.05) is 60.7 Å². The maximum absolute atomic E-state index is 12.2. The molecule has 1 N–H and O–H groups in total. The van der Waals surface area contributed by atoms with Gasteiger partial charge in [-0.15, -0.1) is 0 Å². The Hall–Kier alpha value is -0.0100. The van der Waals surface area contributed by atoms with Crippen molar-refractivity contribution in [3.05, 3.63) is 0 Å². The average Bonchev–Trinajstić information content (AvgIpc) is 2.76. The molecule has 0 aromatic rings. The minimum absolute atomic E-state index is 0.00826. The molecule has 0 aromatic heterocycles. The molecule has 2 atom stereocenters. The van der Waals surface area contributed by atoms with Crippen molar-refractivity contribution >= 4 is 7.82 Å². The van der Waals surface area contributed by atoms with Crippen LogP contribution in [0.1, 0.15) is 104 Å². The molecule has 0 heterocycles. The third-order valence-electron chi connectivity index (χ3n) is 5.74. The number of unbranched alkanes of at least 4 members (excludes halogenated alkanes) is 12. The molecule has 206 valence electrons. The van der Waals surface area contributed by atoms with Crippen LogP contribution in [0.4, 0.5) is 0 Å². The van der Waals surface area contributed by atoms with Crippen LogP contribution in [0.3, 0.4) is 0 Å². The molecule has 1 unspecified atom stereocenters. The Balaban J connectivity index is 4.24. The number of phosphoric acid groups is 1. The Morgan fingerprint density at radius 1 is 0.676 bits per heavy atom. The fourth-order valence-electron chi connectivity index (χ4n) is 3.47. The molecule has 0 radical (unpaired) electrons. The van der Waals surface area contributed by atoms with E-state index in [9.17, 15) is 9.46 Å². The summed E-state index contributed by atoms with van der Waals surface area (Å²) in [6, 6.07) is 0. The smallest absolute Gasteiger partial charge is 0.379 e. The molecule has 0 saturated heterocycles. The largest absolute Gasteiger partial charge is 0.472 e. The van der Waals surface area contributed by atoms with E-state index < -0.39 is 7.82 Å². The van der Waals surface area contributed by atoms with Crippen LogP contribution >= 0.6 is 7.82 Å². The highest BCUT2D eigenvalue weighted by atomic mass is 31.2. The maximum atomic E-state index is 12.2. The van der Waals surface area contributed by atoms with Gasteiger partial charge in [0, 0.05) is 13.2 Å². The summed E-state index contributed by atoms with van der Waals surface area (Å²) in [5.41, 5.74) is 0. The topological polar surface area (TPSA) is 74.2 Å². The van der Waals surface area contributed by atoms with E-state index in [1.165, 1.54) is 70.6 Å². The summed E-state index contributed by atoms with van der Waals surface area (Å²) in [6.45, 7) is 6.89. The molecule has 8 heteroatoms. The van der Waals surface area contributed by atoms with E-state index in [1.54, 1.807) is 0 Å². The van der Waals surface area contributed by atoms with Gasteiger partial charge in [0.15, 0.2) is 0 Å². The van der Waals surface area contributed by atoms with Crippen molar-refractivity contribution in [3.63, 3.8) is 0 Å². The Kier molecular flexibility index (Phi) is 22.2. The highest BCUT2D eigenvalue weighted by molar-refractivity contribution is 7.47. The molecule has 0 aliphatic heterocycles. The van der Waals surface area contributed by atoms with Gasteiger partial charge in [0.25, 0.3) is 0 Å². The minimum atomic E-state index is -4.10. The second-order valence-corrected chi connectivity index (χ2v) is 11.9. The monoisotopic (exact) mass is 510 g/mol. The van der Waals surface area contributed by atoms with Gasteiger partial charge in [0.2, 0.25) is 0 Å². The number of rotatable bonds is 26. The van der Waals surface area contributed by atoms with Gasteiger partial charge in [-0.25, -0.2) is 4.57 Å². The minimum Gasteiger partial charge on any atom is -0.379 e. The number of ether oxygens (including phenoxy) is 2. The predicted molar refractivity (Wildman–Crippen MR) is 141 cm³/mol. The molecule has 0 bridgehead atoms.